The fraction of sp³-hybridized carbons (Fsp3) is 0.452. The number of likely N-dealkylation sites (tertiary alicyclic amines) is 1. The maximum absolute atomic E-state index is 13.1. The first-order chi connectivity index (χ1) is 21.1. The van der Waals surface area contributed by atoms with Crippen molar-refractivity contribution < 1.29 is 14.4 Å². The number of alkyl halides is 1. The molecule has 2 atom stereocenters. The number of nitrogens with one attached hydrogen (secondary N) is 2. The number of tetrazole rings is 1. The molecule has 3 amide bonds. The first kappa shape index (κ1) is 31.5. The Morgan fingerprint density at radius 3 is 2.16 bits per heavy atom. The maximum atomic E-state index is 13.1. The van der Waals surface area contributed by atoms with Crippen LogP contribution in [-0.4, -0.2) is 104 Å². The zero-order valence-electron chi connectivity index (χ0n) is 25.3. The van der Waals surface area contributed by atoms with Crippen LogP contribution in [0.5, 0.6) is 0 Å². The van der Waals surface area contributed by atoms with E-state index in [1.807, 2.05) is 36.4 Å². The van der Waals surface area contributed by atoms with E-state index in [2.05, 4.69) is 54.6 Å². The van der Waals surface area contributed by atoms with Gasteiger partial charge >= 0.3 is 0 Å². The second kappa shape index (κ2) is 13.0. The Hall–Kier alpha value is -3.90. The van der Waals surface area contributed by atoms with Gasteiger partial charge in [-0.1, -0.05) is 34.7 Å². The van der Waals surface area contributed by atoms with E-state index in [1.54, 1.807) is 42.9 Å². The Labute approximate surface area is 270 Å². The third-order valence-corrected chi connectivity index (χ3v) is 9.41. The molecule has 5 rings (SSSR count). The second-order valence-corrected chi connectivity index (χ2v) is 13.2. The largest absolute Gasteiger partial charge is 0.345 e. The number of carbonyl (C=O) groups excluding carboxylic acids is 3. The summed E-state index contributed by atoms with van der Waals surface area (Å²) < 4.78 is -0.227. The Morgan fingerprint density at radius 1 is 1.07 bits per heavy atom. The summed E-state index contributed by atoms with van der Waals surface area (Å²) >= 11 is 2.30. The molecule has 1 fully saturated rings. The molecule has 1 aromatic heterocycles. The summed E-state index contributed by atoms with van der Waals surface area (Å²) in [6, 6.07) is 13.4. The van der Waals surface area contributed by atoms with E-state index < -0.39 is 5.41 Å². The molecular formula is C31H36IN9O3. The highest BCUT2D eigenvalue weighted by Gasteiger charge is 2.45. The van der Waals surface area contributed by atoms with E-state index >= 15 is 0 Å². The van der Waals surface area contributed by atoms with E-state index in [9.17, 15) is 19.6 Å². The predicted molar refractivity (Wildman–Crippen MR) is 171 cm³/mol. The Bertz CT molecular complexity index is 1530. The van der Waals surface area contributed by atoms with Gasteiger partial charge in [-0.3, -0.25) is 19.7 Å². The van der Waals surface area contributed by atoms with Crippen molar-refractivity contribution in [2.24, 2.45) is 0 Å². The number of aryl methyl sites for hydroxylation is 2. The molecule has 230 valence electrons. The minimum Gasteiger partial charge on any atom is -0.345 e. The van der Waals surface area contributed by atoms with Gasteiger partial charge < -0.3 is 14.7 Å². The second-order valence-electron chi connectivity index (χ2n) is 11.7. The molecule has 0 bridgehead atoms. The molecule has 1 aliphatic carbocycles. The summed E-state index contributed by atoms with van der Waals surface area (Å²) in [7, 11) is 6.91. The van der Waals surface area contributed by atoms with E-state index in [0.29, 0.717) is 49.2 Å². The number of aromatic amines is 1. The highest BCUT2D eigenvalue weighted by Crippen LogP contribution is 2.47. The zero-order chi connectivity index (χ0) is 31.6. The van der Waals surface area contributed by atoms with Gasteiger partial charge in [0.05, 0.1) is 22.1 Å². The van der Waals surface area contributed by atoms with Gasteiger partial charge in [0.25, 0.3) is 11.8 Å². The lowest BCUT2D eigenvalue weighted by atomic mass is 9.69. The summed E-state index contributed by atoms with van der Waals surface area (Å²) in [6.45, 7) is 0.670. The molecule has 2 N–H and O–H groups in total. The number of aromatic nitrogens is 4. The van der Waals surface area contributed by atoms with Crippen LogP contribution in [-0.2, 0) is 23.1 Å². The van der Waals surface area contributed by atoms with Gasteiger partial charge in [0.1, 0.15) is 6.04 Å². The summed E-state index contributed by atoms with van der Waals surface area (Å²) in [6.07, 6.45) is 3.26. The van der Waals surface area contributed by atoms with Gasteiger partial charge in [0.2, 0.25) is 5.91 Å². The highest BCUT2D eigenvalue weighted by atomic mass is 127. The lowest BCUT2D eigenvalue weighted by molar-refractivity contribution is -0.130. The normalized spacial score (nSPS) is 17.5. The molecule has 0 saturated carbocycles. The molecule has 13 heteroatoms. The fourth-order valence-corrected chi connectivity index (χ4v) is 7.26. The number of amides is 3. The van der Waals surface area contributed by atoms with Gasteiger partial charge in [-0.2, -0.15) is 5.26 Å². The summed E-state index contributed by atoms with van der Waals surface area (Å²) in [5.74, 6) is 0.236. The van der Waals surface area contributed by atoms with Crippen LogP contribution < -0.4 is 5.32 Å². The van der Waals surface area contributed by atoms with Crippen LogP contribution in [0, 0.1) is 11.3 Å². The molecule has 2 aliphatic rings. The van der Waals surface area contributed by atoms with Crippen molar-refractivity contribution in [3.05, 3.63) is 75.6 Å². The van der Waals surface area contributed by atoms with Crippen molar-refractivity contribution in [2.75, 3.05) is 41.3 Å². The number of hydrogen-bond acceptors (Lipinski definition) is 8. The molecule has 2 aromatic carbocycles. The number of hydrogen-bond donors (Lipinski definition) is 2. The number of benzene rings is 2. The van der Waals surface area contributed by atoms with Crippen molar-refractivity contribution in [3.8, 4) is 6.07 Å². The van der Waals surface area contributed by atoms with Crippen LogP contribution in [0.25, 0.3) is 0 Å². The number of carbonyl (C=O) groups is 3. The van der Waals surface area contributed by atoms with Crippen molar-refractivity contribution in [2.45, 2.75) is 47.6 Å². The number of fused-ring (bicyclic) bond motifs is 2. The lowest BCUT2D eigenvalue weighted by Crippen LogP contribution is -2.44. The number of H-pyrrole nitrogens is 1. The molecule has 0 spiro atoms. The van der Waals surface area contributed by atoms with Crippen molar-refractivity contribution in [1.82, 2.24) is 40.6 Å². The standard InChI is InChI=1S/C31H36IN9O3/c1-39(2)28(43)21-9-11-24-19(14-21)7-8-20-15-22(29(44)40(3)4)10-12-25(20)31(24,30-35-37-38-36-30)16-26(32)34-18-27(42)41-13-5-6-23(41)17-33/h9-12,14-15,23,26,34H,5-8,13,16,18H2,1-4H3,(H,35,36,37,38)/t23?,26-/m0/s1. The lowest BCUT2D eigenvalue weighted by Gasteiger charge is -2.36. The average Bonchev–Trinajstić information content (AvgIpc) is 3.71. The quantitative estimate of drug-likeness (QED) is 0.206. The van der Waals surface area contributed by atoms with Crippen molar-refractivity contribution in [3.63, 3.8) is 0 Å². The Morgan fingerprint density at radius 2 is 1.66 bits per heavy atom. The molecule has 3 aromatic rings. The van der Waals surface area contributed by atoms with Crippen LogP contribution in [0.3, 0.4) is 0 Å². The van der Waals surface area contributed by atoms with Crippen LogP contribution >= 0.6 is 22.6 Å². The smallest absolute Gasteiger partial charge is 0.253 e. The van der Waals surface area contributed by atoms with Gasteiger partial charge in [-0.05, 0) is 89.1 Å². The molecule has 44 heavy (non-hydrogen) atoms. The molecular weight excluding hydrogens is 673 g/mol. The maximum Gasteiger partial charge on any atom is 0.253 e. The SMILES string of the molecule is CN(C)C(=O)c1ccc2c(c1)CCc1cc(C(=O)N(C)C)ccc1C2(C[C@@H](I)NCC(=O)N1CCCC1C#N)c1nnn[nH]1. The minimum absolute atomic E-state index is 0.0861. The summed E-state index contributed by atoms with van der Waals surface area (Å²) in [5.41, 5.74) is 4.15. The van der Waals surface area contributed by atoms with E-state index in [4.69, 9.17) is 0 Å². The Kier molecular flexibility index (Phi) is 9.31. The van der Waals surface area contributed by atoms with Crippen LogP contribution in [0.1, 0.15) is 68.1 Å². The van der Waals surface area contributed by atoms with Gasteiger partial charge in [0, 0.05) is 45.9 Å². The van der Waals surface area contributed by atoms with Crippen LogP contribution in [0.2, 0.25) is 0 Å². The fourth-order valence-electron chi connectivity index (χ4n) is 6.38. The molecule has 0 radical (unpaired) electrons. The monoisotopic (exact) mass is 709 g/mol. The number of halogens is 1. The number of nitriles is 1. The van der Waals surface area contributed by atoms with Crippen LogP contribution in [0.15, 0.2) is 36.4 Å². The predicted octanol–water partition coefficient (Wildman–Crippen LogP) is 2.29. The van der Waals surface area contributed by atoms with Gasteiger partial charge in [-0.25, -0.2) is 5.10 Å². The molecule has 1 aliphatic heterocycles. The van der Waals surface area contributed by atoms with Gasteiger partial charge in [-0.15, -0.1) is 5.10 Å². The van der Waals surface area contributed by atoms with Gasteiger partial charge in [0.15, 0.2) is 5.82 Å². The van der Waals surface area contributed by atoms with E-state index in [0.717, 1.165) is 28.7 Å². The molecule has 2 heterocycles. The van der Waals surface area contributed by atoms with Crippen molar-refractivity contribution in [1.29, 1.82) is 5.26 Å². The highest BCUT2D eigenvalue weighted by molar-refractivity contribution is 14.1. The summed E-state index contributed by atoms with van der Waals surface area (Å²) in [5, 5.41) is 28.2. The summed E-state index contributed by atoms with van der Waals surface area (Å²) in [4.78, 5) is 43.8. The first-order valence-corrected chi connectivity index (χ1v) is 15.8. The average molecular weight is 710 g/mol. The zero-order valence-corrected chi connectivity index (χ0v) is 27.5. The topological polar surface area (TPSA) is 151 Å². The number of nitrogens with zero attached hydrogens (tertiary/aromatic N) is 7. The Balaban J connectivity index is 1.60. The third kappa shape index (κ3) is 5.92. The van der Waals surface area contributed by atoms with E-state index in [-0.39, 0.29) is 34.4 Å². The third-order valence-electron chi connectivity index (χ3n) is 8.53. The molecule has 12 nitrogen and oxygen atoms in total. The van der Waals surface area contributed by atoms with E-state index in [1.165, 1.54) is 0 Å². The van der Waals surface area contributed by atoms with Crippen LogP contribution in [0.4, 0.5) is 0 Å². The molecule has 1 unspecified atom stereocenters. The minimum atomic E-state index is -0.894. The number of rotatable bonds is 8. The van der Waals surface area contributed by atoms with Crippen molar-refractivity contribution >= 4 is 40.3 Å². The first-order valence-electron chi connectivity index (χ1n) is 14.6. The molecule has 1 saturated heterocycles.